The molecule has 0 radical (unpaired) electrons. The van der Waals surface area contributed by atoms with E-state index in [4.69, 9.17) is 11.6 Å². The van der Waals surface area contributed by atoms with Crippen molar-refractivity contribution in [1.82, 2.24) is 4.98 Å². The first-order valence-corrected chi connectivity index (χ1v) is 10.4. The van der Waals surface area contributed by atoms with Crippen molar-refractivity contribution in [3.63, 3.8) is 0 Å². The molecule has 2 aromatic carbocycles. The molecule has 1 atom stereocenters. The molecule has 1 heterocycles. The Hall–Kier alpha value is -1.76. The Bertz CT molecular complexity index is 870. The Labute approximate surface area is 165 Å². The summed E-state index contributed by atoms with van der Waals surface area (Å²) in [6, 6.07) is 13.5. The largest absolute Gasteiger partial charge is 0.377 e. The standard InChI is InChI=1S/C19H17ClFN3S2/c20-14-10-17(26-24-19-22-8-9-25-19)15(21)11-16(14)23-18(13-6-7-13)12-4-2-1-3-5-12/h1-5,8-11,13,18,23H,6-7H2,(H,22,24). The summed E-state index contributed by atoms with van der Waals surface area (Å²) in [5.74, 6) is 0.255. The number of benzene rings is 2. The number of nitrogens with one attached hydrogen (secondary N) is 2. The van der Waals surface area contributed by atoms with Crippen molar-refractivity contribution in [2.45, 2.75) is 23.8 Å². The van der Waals surface area contributed by atoms with Crippen LogP contribution in [0.1, 0.15) is 24.4 Å². The Balaban J connectivity index is 1.52. The van der Waals surface area contributed by atoms with Crippen molar-refractivity contribution in [2.24, 2.45) is 5.92 Å². The molecular formula is C19H17ClFN3S2. The number of rotatable bonds is 7. The van der Waals surface area contributed by atoms with Gasteiger partial charge < -0.3 is 10.0 Å². The number of hydrogen-bond acceptors (Lipinski definition) is 5. The summed E-state index contributed by atoms with van der Waals surface area (Å²) in [6.07, 6.45) is 4.06. The fraction of sp³-hybridized carbons (Fsp3) is 0.211. The topological polar surface area (TPSA) is 37.0 Å². The minimum absolute atomic E-state index is 0.153. The number of halogens is 2. The molecule has 1 aliphatic rings. The molecule has 1 aromatic heterocycles. The molecule has 4 rings (SSSR count). The van der Waals surface area contributed by atoms with Crippen LogP contribution in [-0.2, 0) is 0 Å². The van der Waals surface area contributed by atoms with E-state index >= 15 is 0 Å². The van der Waals surface area contributed by atoms with Crippen LogP contribution in [0.4, 0.5) is 15.2 Å². The van der Waals surface area contributed by atoms with E-state index in [1.165, 1.54) is 47.8 Å². The zero-order chi connectivity index (χ0) is 17.9. The van der Waals surface area contributed by atoms with E-state index in [1.54, 1.807) is 12.3 Å². The number of aromatic nitrogens is 1. The lowest BCUT2D eigenvalue weighted by atomic mass is 10.0. The van der Waals surface area contributed by atoms with Gasteiger partial charge in [0.05, 0.1) is 21.6 Å². The van der Waals surface area contributed by atoms with Gasteiger partial charge in [-0.15, -0.1) is 11.3 Å². The van der Waals surface area contributed by atoms with Crippen molar-refractivity contribution in [3.05, 3.63) is 70.4 Å². The van der Waals surface area contributed by atoms with Crippen molar-refractivity contribution in [3.8, 4) is 0 Å². The fourth-order valence-electron chi connectivity index (χ4n) is 2.82. The lowest BCUT2D eigenvalue weighted by Crippen LogP contribution is -2.13. The number of thiazole rings is 1. The summed E-state index contributed by atoms with van der Waals surface area (Å²) in [6.45, 7) is 0. The maximum atomic E-state index is 14.6. The Morgan fingerprint density at radius 3 is 2.73 bits per heavy atom. The molecular weight excluding hydrogens is 389 g/mol. The molecule has 0 saturated heterocycles. The molecule has 3 aromatic rings. The molecule has 0 spiro atoms. The van der Waals surface area contributed by atoms with Gasteiger partial charge in [0.2, 0.25) is 0 Å². The van der Waals surface area contributed by atoms with E-state index in [-0.39, 0.29) is 11.9 Å². The van der Waals surface area contributed by atoms with Crippen molar-refractivity contribution in [2.75, 3.05) is 10.0 Å². The highest BCUT2D eigenvalue weighted by molar-refractivity contribution is 8.00. The van der Waals surface area contributed by atoms with E-state index in [1.807, 2.05) is 23.6 Å². The molecule has 1 aliphatic carbocycles. The second-order valence-corrected chi connectivity index (χ2v) is 8.32. The van der Waals surface area contributed by atoms with Crippen LogP contribution in [0.3, 0.4) is 0 Å². The van der Waals surface area contributed by atoms with Crippen LogP contribution in [0.15, 0.2) is 58.9 Å². The van der Waals surface area contributed by atoms with Crippen LogP contribution in [0.2, 0.25) is 5.02 Å². The minimum Gasteiger partial charge on any atom is -0.377 e. The average molecular weight is 406 g/mol. The van der Waals surface area contributed by atoms with E-state index in [0.29, 0.717) is 21.5 Å². The van der Waals surface area contributed by atoms with Crippen LogP contribution in [0.5, 0.6) is 0 Å². The number of nitrogens with zero attached hydrogens (tertiary/aromatic N) is 1. The van der Waals surface area contributed by atoms with E-state index in [9.17, 15) is 4.39 Å². The Morgan fingerprint density at radius 1 is 1.23 bits per heavy atom. The zero-order valence-electron chi connectivity index (χ0n) is 13.8. The smallest absolute Gasteiger partial charge is 0.192 e. The maximum Gasteiger partial charge on any atom is 0.192 e. The number of anilines is 2. The highest BCUT2D eigenvalue weighted by Gasteiger charge is 2.32. The van der Waals surface area contributed by atoms with Gasteiger partial charge in [-0.3, -0.25) is 0 Å². The minimum atomic E-state index is -0.312. The molecule has 1 fully saturated rings. The third-order valence-electron chi connectivity index (χ3n) is 4.27. The first kappa shape index (κ1) is 17.6. The molecule has 0 aliphatic heterocycles. The highest BCUT2D eigenvalue weighted by atomic mass is 35.5. The summed E-state index contributed by atoms with van der Waals surface area (Å²) >= 11 is 9.07. The lowest BCUT2D eigenvalue weighted by Gasteiger charge is -2.21. The average Bonchev–Trinajstić information content (AvgIpc) is 3.36. The highest BCUT2D eigenvalue weighted by Crippen LogP contribution is 2.44. The van der Waals surface area contributed by atoms with Gasteiger partial charge in [-0.2, -0.15) is 0 Å². The first-order valence-electron chi connectivity index (χ1n) is 8.33. The zero-order valence-corrected chi connectivity index (χ0v) is 16.2. The van der Waals surface area contributed by atoms with Gasteiger partial charge in [0.15, 0.2) is 5.13 Å². The van der Waals surface area contributed by atoms with Crippen molar-refractivity contribution < 1.29 is 4.39 Å². The van der Waals surface area contributed by atoms with Crippen LogP contribution < -0.4 is 10.0 Å². The van der Waals surface area contributed by atoms with Gasteiger partial charge in [-0.25, -0.2) is 9.37 Å². The molecule has 0 bridgehead atoms. The van der Waals surface area contributed by atoms with Gasteiger partial charge in [-0.1, -0.05) is 41.9 Å². The molecule has 26 heavy (non-hydrogen) atoms. The third-order valence-corrected chi connectivity index (χ3v) is 6.22. The van der Waals surface area contributed by atoms with Crippen molar-refractivity contribution in [1.29, 1.82) is 0 Å². The van der Waals surface area contributed by atoms with E-state index in [2.05, 4.69) is 27.2 Å². The molecule has 2 N–H and O–H groups in total. The SMILES string of the molecule is Fc1cc(NC(c2ccccc2)C2CC2)c(Cl)cc1SNc1nccs1. The van der Waals surface area contributed by atoms with Gasteiger partial charge in [-0.05, 0) is 48.4 Å². The third kappa shape index (κ3) is 4.14. The number of hydrogen-bond donors (Lipinski definition) is 2. The normalized spacial score (nSPS) is 14.8. The van der Waals surface area contributed by atoms with Gasteiger partial charge in [0, 0.05) is 11.6 Å². The molecule has 1 unspecified atom stereocenters. The molecule has 134 valence electrons. The second kappa shape index (κ2) is 7.86. The van der Waals surface area contributed by atoms with Crippen LogP contribution >= 0.6 is 34.9 Å². The van der Waals surface area contributed by atoms with Crippen LogP contribution in [0, 0.1) is 11.7 Å². The Morgan fingerprint density at radius 2 is 2.04 bits per heavy atom. The Kier molecular flexibility index (Phi) is 5.33. The van der Waals surface area contributed by atoms with Gasteiger partial charge >= 0.3 is 0 Å². The van der Waals surface area contributed by atoms with Gasteiger partial charge in [0.1, 0.15) is 5.82 Å². The summed E-state index contributed by atoms with van der Waals surface area (Å²) in [5.41, 5.74) is 1.83. The van der Waals surface area contributed by atoms with Crippen LogP contribution in [-0.4, -0.2) is 4.98 Å². The molecule has 1 saturated carbocycles. The maximum absolute atomic E-state index is 14.6. The van der Waals surface area contributed by atoms with Crippen molar-refractivity contribution >= 4 is 45.7 Å². The molecule has 0 amide bonds. The quantitative estimate of drug-likeness (QED) is 0.433. The predicted molar refractivity (Wildman–Crippen MR) is 109 cm³/mol. The lowest BCUT2D eigenvalue weighted by molar-refractivity contribution is 0.601. The van der Waals surface area contributed by atoms with Gasteiger partial charge in [0.25, 0.3) is 0 Å². The summed E-state index contributed by atoms with van der Waals surface area (Å²) in [5, 5.41) is 6.55. The first-order chi connectivity index (χ1) is 12.7. The summed E-state index contributed by atoms with van der Waals surface area (Å²) in [4.78, 5) is 4.56. The monoisotopic (exact) mass is 405 g/mol. The molecule has 7 heteroatoms. The molecule has 3 nitrogen and oxygen atoms in total. The van der Waals surface area contributed by atoms with Crippen LogP contribution in [0.25, 0.3) is 0 Å². The van der Waals surface area contributed by atoms with E-state index in [0.717, 1.165) is 5.13 Å². The summed E-state index contributed by atoms with van der Waals surface area (Å²) in [7, 11) is 0. The predicted octanol–water partition coefficient (Wildman–Crippen LogP) is 6.62. The second-order valence-electron chi connectivity index (χ2n) is 6.17. The summed E-state index contributed by atoms with van der Waals surface area (Å²) < 4.78 is 17.6. The fourth-order valence-corrected chi connectivity index (χ4v) is 4.38. The van der Waals surface area contributed by atoms with E-state index < -0.39 is 0 Å².